The Morgan fingerprint density at radius 1 is 1.24 bits per heavy atom. The zero-order valence-corrected chi connectivity index (χ0v) is 15.7. The van der Waals surface area contributed by atoms with Gasteiger partial charge >= 0.3 is 136 Å². The Labute approximate surface area is 135 Å². The van der Waals surface area contributed by atoms with Crippen LogP contribution in [0.25, 0.3) is 0 Å². The molecule has 0 aromatic rings. The molecule has 0 aliphatic carbocycles. The van der Waals surface area contributed by atoms with Crippen molar-refractivity contribution in [3.63, 3.8) is 0 Å². The fraction of sp³-hybridized carbons (Fsp3) is 0.867. The van der Waals surface area contributed by atoms with E-state index < -0.39 is 19.8 Å². The number of nitrogens with zero attached hydrogens (tertiary/aromatic N) is 5. The Bertz CT molecular complexity index is 428. The first kappa shape index (κ1) is 15.4. The predicted octanol–water partition coefficient (Wildman–Crippen LogP) is 2.48. The van der Waals surface area contributed by atoms with Gasteiger partial charge in [-0.1, -0.05) is 0 Å². The van der Waals surface area contributed by atoms with Gasteiger partial charge in [0.05, 0.1) is 0 Å². The average molecular weight is 405 g/mol. The van der Waals surface area contributed by atoms with E-state index in [1.165, 1.54) is 34.2 Å². The summed E-state index contributed by atoms with van der Waals surface area (Å²) < 4.78 is 2.92. The molecule has 1 unspecified atom stereocenters. The van der Waals surface area contributed by atoms with Crippen molar-refractivity contribution in [3.8, 4) is 0 Å². The van der Waals surface area contributed by atoms with Crippen molar-refractivity contribution in [3.05, 3.63) is 0 Å². The van der Waals surface area contributed by atoms with Gasteiger partial charge in [0, 0.05) is 0 Å². The van der Waals surface area contributed by atoms with Gasteiger partial charge in [0.25, 0.3) is 0 Å². The molecule has 3 aliphatic rings. The summed E-state index contributed by atoms with van der Waals surface area (Å²) in [7, 11) is 0. The van der Waals surface area contributed by atoms with Crippen molar-refractivity contribution >= 4 is 31.5 Å². The zero-order chi connectivity index (χ0) is 14.8. The van der Waals surface area contributed by atoms with Gasteiger partial charge < -0.3 is 0 Å². The van der Waals surface area contributed by atoms with Crippen LogP contribution in [0.5, 0.6) is 0 Å². The Kier molecular flexibility index (Phi) is 4.91. The molecule has 5 nitrogen and oxygen atoms in total. The van der Waals surface area contributed by atoms with Gasteiger partial charge in [-0.15, -0.1) is 0 Å². The number of alkyl halides is 3. The number of amidine groups is 2. The molecule has 2 bridgehead atoms. The molecule has 1 saturated heterocycles. The van der Waals surface area contributed by atoms with Crippen molar-refractivity contribution in [2.45, 2.75) is 33.1 Å². The molecule has 0 radical (unpaired) electrons. The quantitative estimate of drug-likeness (QED) is 0.497. The van der Waals surface area contributed by atoms with E-state index in [4.69, 9.17) is 10.2 Å². The van der Waals surface area contributed by atoms with Crippen LogP contribution in [-0.2, 0) is 0 Å². The minimum absolute atomic E-state index is 0.567. The fourth-order valence-electron chi connectivity index (χ4n) is 3.12. The van der Waals surface area contributed by atoms with Crippen LogP contribution in [0.15, 0.2) is 10.2 Å². The van der Waals surface area contributed by atoms with Crippen LogP contribution in [0.4, 0.5) is 0 Å². The second kappa shape index (κ2) is 6.71. The van der Waals surface area contributed by atoms with Gasteiger partial charge in [-0.2, -0.15) is 0 Å². The standard InChI is InChI=1S/C15H28IN5/c1-4-14-17-20-11-13(2)5-6-15(18-21(14)12-20)19-9-7-16(3)8-10-19/h13H,4-12H2,1-3H3/b18-15+. The van der Waals surface area contributed by atoms with Crippen molar-refractivity contribution < 1.29 is 0 Å². The van der Waals surface area contributed by atoms with Crippen molar-refractivity contribution in [2.75, 3.05) is 40.1 Å². The molecule has 0 spiro atoms. The minimum atomic E-state index is -0.567. The van der Waals surface area contributed by atoms with Gasteiger partial charge in [0.15, 0.2) is 0 Å². The molecule has 21 heavy (non-hydrogen) atoms. The fourth-order valence-corrected chi connectivity index (χ4v) is 6.47. The molecule has 3 heterocycles. The summed E-state index contributed by atoms with van der Waals surface area (Å²) >= 11 is -0.567. The van der Waals surface area contributed by atoms with Crippen LogP contribution in [0.2, 0.25) is 0 Å². The topological polar surface area (TPSA) is 34.4 Å². The molecule has 0 N–H and O–H groups in total. The monoisotopic (exact) mass is 405 g/mol. The summed E-state index contributed by atoms with van der Waals surface area (Å²) in [6.07, 6.45) is 3.32. The van der Waals surface area contributed by atoms with Crippen LogP contribution in [0.1, 0.15) is 33.1 Å². The van der Waals surface area contributed by atoms with E-state index in [0.29, 0.717) is 5.92 Å². The summed E-state index contributed by atoms with van der Waals surface area (Å²) in [5.41, 5.74) is 0. The number of fused-ring (bicyclic) bond motifs is 2. The Morgan fingerprint density at radius 3 is 2.71 bits per heavy atom. The van der Waals surface area contributed by atoms with Crippen LogP contribution in [-0.4, -0.2) is 66.7 Å². The van der Waals surface area contributed by atoms with Crippen LogP contribution in [0.3, 0.4) is 0 Å². The molecule has 0 aromatic carbocycles. The molecule has 1 atom stereocenters. The third kappa shape index (κ3) is 3.63. The molecule has 0 amide bonds. The number of hydrogen-bond acceptors (Lipinski definition) is 5. The summed E-state index contributed by atoms with van der Waals surface area (Å²) in [5, 5.41) is 14.1. The van der Waals surface area contributed by atoms with Crippen molar-refractivity contribution in [2.24, 2.45) is 16.1 Å². The van der Waals surface area contributed by atoms with Gasteiger partial charge in [-0.25, -0.2) is 0 Å². The van der Waals surface area contributed by atoms with Gasteiger partial charge in [0.1, 0.15) is 0 Å². The molecular weight excluding hydrogens is 377 g/mol. The second-order valence-corrected chi connectivity index (χ2v) is 12.6. The van der Waals surface area contributed by atoms with Gasteiger partial charge in [-0.3, -0.25) is 0 Å². The Morgan fingerprint density at radius 2 is 2.00 bits per heavy atom. The van der Waals surface area contributed by atoms with E-state index in [2.05, 4.69) is 33.7 Å². The number of hydrazone groups is 2. The first-order valence-electron chi connectivity index (χ1n) is 8.10. The third-order valence-corrected chi connectivity index (χ3v) is 9.15. The molecule has 120 valence electrons. The molecule has 1 fully saturated rings. The second-order valence-electron chi connectivity index (χ2n) is 6.35. The number of hydrogen-bond donors (Lipinski definition) is 0. The van der Waals surface area contributed by atoms with Gasteiger partial charge in [-0.05, 0) is 0 Å². The zero-order valence-electron chi connectivity index (χ0n) is 13.6. The number of halogens is 1. The van der Waals surface area contributed by atoms with Gasteiger partial charge in [0.2, 0.25) is 0 Å². The molecular formula is C15H28IN5. The van der Waals surface area contributed by atoms with Crippen LogP contribution in [0, 0.1) is 5.92 Å². The molecule has 0 saturated carbocycles. The third-order valence-electron chi connectivity index (χ3n) is 4.51. The van der Waals surface area contributed by atoms with Crippen molar-refractivity contribution in [1.29, 1.82) is 0 Å². The molecule has 6 heteroatoms. The van der Waals surface area contributed by atoms with E-state index in [-0.39, 0.29) is 0 Å². The Hall–Kier alpha value is -0.530. The van der Waals surface area contributed by atoms with Crippen LogP contribution < -0.4 is 0 Å². The number of rotatable bonds is 1. The first-order valence-corrected chi connectivity index (χ1v) is 13.3. The Balaban J connectivity index is 1.79. The maximum atomic E-state index is 5.01. The molecule has 3 aliphatic heterocycles. The summed E-state index contributed by atoms with van der Waals surface area (Å²) in [6, 6.07) is 0. The SMILES string of the molecule is CCC1=NN2CC(C)CC/C(N3CCI(C)CC3)=N\N1C2. The summed E-state index contributed by atoms with van der Waals surface area (Å²) in [5.74, 6) is 3.13. The van der Waals surface area contributed by atoms with E-state index in [1.807, 2.05) is 0 Å². The van der Waals surface area contributed by atoms with E-state index >= 15 is 0 Å². The summed E-state index contributed by atoms with van der Waals surface area (Å²) in [4.78, 5) is 5.08. The summed E-state index contributed by atoms with van der Waals surface area (Å²) in [6.45, 7) is 8.91. The van der Waals surface area contributed by atoms with E-state index in [1.54, 1.807) is 0 Å². The molecule has 0 aromatic heterocycles. The molecule has 3 rings (SSSR count). The van der Waals surface area contributed by atoms with Crippen molar-refractivity contribution in [1.82, 2.24) is 14.9 Å². The van der Waals surface area contributed by atoms with E-state index in [9.17, 15) is 0 Å². The normalized spacial score (nSPS) is 31.3. The average Bonchev–Trinajstić information content (AvgIpc) is 2.88. The predicted molar refractivity (Wildman–Crippen MR) is 98.2 cm³/mol. The van der Waals surface area contributed by atoms with Crippen LogP contribution >= 0.6 is 19.8 Å². The maximum absolute atomic E-state index is 5.01. The van der Waals surface area contributed by atoms with E-state index in [0.717, 1.165) is 31.9 Å². The first-order chi connectivity index (χ1) is 10.2.